The van der Waals surface area contributed by atoms with Crippen molar-refractivity contribution in [1.82, 2.24) is 19.4 Å². The number of hydrogen-bond donors (Lipinski definition) is 1. The zero-order chi connectivity index (χ0) is 27.2. The molecule has 2 aromatic heterocycles. The third kappa shape index (κ3) is 6.75. The van der Waals surface area contributed by atoms with Crippen LogP contribution >= 0.6 is 11.6 Å². The monoisotopic (exact) mass is 547 g/mol. The number of nitrogens with zero attached hydrogens (tertiary/aromatic N) is 4. The fourth-order valence-corrected chi connectivity index (χ4v) is 4.49. The average molecular weight is 548 g/mol. The van der Waals surface area contributed by atoms with Crippen LogP contribution in [0.15, 0.2) is 77.5 Å². The van der Waals surface area contributed by atoms with E-state index in [-0.39, 0.29) is 24.1 Å². The molecule has 4 aromatic rings. The van der Waals surface area contributed by atoms with Crippen molar-refractivity contribution in [3.8, 4) is 16.9 Å². The molecule has 0 bridgehead atoms. The summed E-state index contributed by atoms with van der Waals surface area (Å²) in [5.74, 6) is -0.158. The molecule has 0 radical (unpaired) electrons. The summed E-state index contributed by atoms with van der Waals surface area (Å²) < 4.78 is 12.6. The molecular formula is C29H30ClN5O4. The fraction of sp³-hybridized carbons (Fsp3) is 0.276. The van der Waals surface area contributed by atoms with Crippen molar-refractivity contribution in [2.75, 3.05) is 51.3 Å². The third-order valence-electron chi connectivity index (χ3n) is 6.55. The van der Waals surface area contributed by atoms with Gasteiger partial charge in [-0.1, -0.05) is 41.4 Å². The van der Waals surface area contributed by atoms with Crippen LogP contribution in [0, 0.1) is 6.92 Å². The minimum atomic E-state index is -0.362. The van der Waals surface area contributed by atoms with E-state index in [0.717, 1.165) is 29.9 Å². The number of carbonyl (C=O) groups excluding carboxylic acids is 2. The van der Waals surface area contributed by atoms with Gasteiger partial charge in [0.2, 0.25) is 11.9 Å². The van der Waals surface area contributed by atoms with Crippen molar-refractivity contribution in [2.24, 2.45) is 0 Å². The van der Waals surface area contributed by atoms with Crippen LogP contribution in [0.2, 0.25) is 5.02 Å². The number of aromatic nitrogens is 2. The summed E-state index contributed by atoms with van der Waals surface area (Å²) in [6, 6.07) is 18.5. The highest BCUT2D eigenvalue weighted by atomic mass is 35.5. The Morgan fingerprint density at radius 2 is 1.79 bits per heavy atom. The number of morpholine rings is 1. The van der Waals surface area contributed by atoms with Gasteiger partial charge < -0.3 is 14.1 Å². The Bertz CT molecular complexity index is 1390. The number of hydrogen-bond acceptors (Lipinski definition) is 6. The predicted molar refractivity (Wildman–Crippen MR) is 149 cm³/mol. The molecule has 0 atom stereocenters. The lowest BCUT2D eigenvalue weighted by atomic mass is 10.2. The van der Waals surface area contributed by atoms with E-state index in [1.807, 2.05) is 54.1 Å². The molecule has 39 heavy (non-hydrogen) atoms. The van der Waals surface area contributed by atoms with Crippen molar-refractivity contribution >= 4 is 29.4 Å². The normalized spacial score (nSPS) is 13.8. The highest BCUT2D eigenvalue weighted by Crippen LogP contribution is 2.26. The van der Waals surface area contributed by atoms with Gasteiger partial charge >= 0.3 is 0 Å². The first-order chi connectivity index (χ1) is 19.0. The SMILES string of the molecule is Cc1ccc(-n2cc(-c3ccc(Cl)cc3)nc2NC(=O)CN(CCN2CCOCC2)C(=O)c2ccco2)cc1. The largest absolute Gasteiger partial charge is 0.459 e. The molecule has 1 saturated heterocycles. The Morgan fingerprint density at radius 3 is 2.49 bits per heavy atom. The van der Waals surface area contributed by atoms with Crippen molar-refractivity contribution in [3.05, 3.63) is 89.5 Å². The maximum Gasteiger partial charge on any atom is 0.290 e. The molecule has 0 spiro atoms. The van der Waals surface area contributed by atoms with E-state index < -0.39 is 0 Å². The van der Waals surface area contributed by atoms with E-state index in [2.05, 4.69) is 10.2 Å². The van der Waals surface area contributed by atoms with Crippen molar-refractivity contribution in [2.45, 2.75) is 6.92 Å². The van der Waals surface area contributed by atoms with Gasteiger partial charge in [0.05, 0.1) is 25.2 Å². The maximum atomic E-state index is 13.3. The number of imidazole rings is 1. The molecule has 1 aliphatic rings. The minimum Gasteiger partial charge on any atom is -0.459 e. The second-order valence-corrected chi connectivity index (χ2v) is 9.80. The molecule has 1 N–H and O–H groups in total. The number of nitrogens with one attached hydrogen (secondary N) is 1. The van der Waals surface area contributed by atoms with E-state index in [1.165, 1.54) is 11.2 Å². The molecule has 9 nitrogen and oxygen atoms in total. The standard InChI is InChI=1S/C29H30ClN5O4/c1-21-4-10-24(11-5-21)35-19-25(22-6-8-23(30)9-7-22)31-29(35)32-27(36)20-34(28(37)26-3-2-16-39-26)13-12-33-14-17-38-18-15-33/h2-11,16,19H,12-15,17-18,20H2,1H3,(H,31,32,36). The number of halogens is 1. The van der Waals surface area contributed by atoms with E-state index >= 15 is 0 Å². The predicted octanol–water partition coefficient (Wildman–Crippen LogP) is 4.51. The summed E-state index contributed by atoms with van der Waals surface area (Å²) in [7, 11) is 0. The molecule has 5 rings (SSSR count). The van der Waals surface area contributed by atoms with Crippen LogP contribution in [-0.4, -0.2) is 77.1 Å². The Morgan fingerprint density at radius 1 is 1.05 bits per heavy atom. The quantitative estimate of drug-likeness (QED) is 0.331. The highest BCUT2D eigenvalue weighted by molar-refractivity contribution is 6.30. The van der Waals surface area contributed by atoms with Crippen molar-refractivity contribution in [1.29, 1.82) is 0 Å². The molecule has 2 amide bonds. The Balaban J connectivity index is 1.37. The lowest BCUT2D eigenvalue weighted by molar-refractivity contribution is -0.117. The summed E-state index contributed by atoms with van der Waals surface area (Å²) in [6.45, 7) is 5.75. The molecule has 1 aliphatic heterocycles. The van der Waals surface area contributed by atoms with Gasteiger partial charge in [-0.15, -0.1) is 0 Å². The zero-order valence-electron chi connectivity index (χ0n) is 21.7. The zero-order valence-corrected chi connectivity index (χ0v) is 22.4. The molecule has 1 fully saturated rings. The van der Waals surface area contributed by atoms with Gasteiger partial charge in [-0.2, -0.15) is 0 Å². The van der Waals surface area contributed by atoms with E-state index in [1.54, 1.807) is 24.3 Å². The Hall–Kier alpha value is -3.92. The maximum absolute atomic E-state index is 13.3. The number of amides is 2. The van der Waals surface area contributed by atoms with Crippen LogP contribution in [0.3, 0.4) is 0 Å². The average Bonchev–Trinajstić information content (AvgIpc) is 3.63. The first-order valence-corrected chi connectivity index (χ1v) is 13.2. The number of benzene rings is 2. The van der Waals surface area contributed by atoms with Gasteiger partial charge in [-0.25, -0.2) is 4.98 Å². The second-order valence-electron chi connectivity index (χ2n) is 9.37. The first kappa shape index (κ1) is 26.7. The topological polar surface area (TPSA) is 92.8 Å². The van der Waals surface area contributed by atoms with Crippen molar-refractivity contribution < 1.29 is 18.7 Å². The molecule has 0 saturated carbocycles. The van der Waals surface area contributed by atoms with Crippen LogP contribution in [0.4, 0.5) is 5.95 Å². The number of rotatable bonds is 9. The van der Waals surface area contributed by atoms with Crippen LogP contribution in [-0.2, 0) is 9.53 Å². The second kappa shape index (κ2) is 12.3. The summed E-state index contributed by atoms with van der Waals surface area (Å²) in [5.41, 5.74) is 3.51. The van der Waals surface area contributed by atoms with E-state index in [0.29, 0.717) is 43.0 Å². The van der Waals surface area contributed by atoms with Crippen LogP contribution in [0.1, 0.15) is 16.1 Å². The first-order valence-electron chi connectivity index (χ1n) is 12.8. The van der Waals surface area contributed by atoms with Crippen molar-refractivity contribution in [3.63, 3.8) is 0 Å². The fourth-order valence-electron chi connectivity index (χ4n) is 4.36. The van der Waals surface area contributed by atoms with Gasteiger partial charge in [0.1, 0.15) is 6.54 Å². The number of anilines is 1. The summed E-state index contributed by atoms with van der Waals surface area (Å²) in [4.78, 5) is 34.9. The van der Waals surface area contributed by atoms with Crippen LogP contribution in [0.5, 0.6) is 0 Å². The summed E-state index contributed by atoms with van der Waals surface area (Å²) in [6.07, 6.45) is 3.32. The van der Waals surface area contributed by atoms with Gasteiger partial charge in [0.15, 0.2) is 5.76 Å². The van der Waals surface area contributed by atoms with Gasteiger partial charge in [0, 0.05) is 48.6 Å². The lowest BCUT2D eigenvalue weighted by Gasteiger charge is -2.29. The molecule has 0 aliphatic carbocycles. The molecule has 202 valence electrons. The lowest BCUT2D eigenvalue weighted by Crippen LogP contribution is -2.45. The molecule has 3 heterocycles. The van der Waals surface area contributed by atoms with Gasteiger partial charge in [-0.05, 0) is 43.3 Å². The van der Waals surface area contributed by atoms with Gasteiger partial charge in [-0.3, -0.25) is 24.4 Å². The minimum absolute atomic E-state index is 0.152. The molecule has 0 unspecified atom stereocenters. The molecule has 10 heteroatoms. The Kier molecular flexibility index (Phi) is 8.41. The smallest absolute Gasteiger partial charge is 0.290 e. The number of carbonyl (C=O) groups is 2. The van der Waals surface area contributed by atoms with E-state index in [9.17, 15) is 9.59 Å². The molecule has 2 aromatic carbocycles. The molecular weight excluding hydrogens is 518 g/mol. The Labute approximate surface area is 231 Å². The number of furan rings is 1. The third-order valence-corrected chi connectivity index (χ3v) is 6.80. The summed E-state index contributed by atoms with van der Waals surface area (Å²) in [5, 5.41) is 3.55. The number of aryl methyl sites for hydroxylation is 1. The summed E-state index contributed by atoms with van der Waals surface area (Å²) >= 11 is 6.07. The van der Waals surface area contributed by atoms with Crippen LogP contribution in [0.25, 0.3) is 16.9 Å². The van der Waals surface area contributed by atoms with Crippen LogP contribution < -0.4 is 5.32 Å². The van der Waals surface area contributed by atoms with E-state index in [4.69, 9.17) is 25.7 Å². The van der Waals surface area contributed by atoms with Gasteiger partial charge in [0.25, 0.3) is 5.91 Å². The number of ether oxygens (including phenoxy) is 1. The highest BCUT2D eigenvalue weighted by Gasteiger charge is 2.23.